The molecule has 0 atom stereocenters. The third-order valence-electron chi connectivity index (χ3n) is 5.36. The van der Waals surface area contributed by atoms with Crippen LogP contribution in [0, 0.1) is 0 Å². The van der Waals surface area contributed by atoms with Gasteiger partial charge in [-0.1, -0.05) is 59.8 Å². The number of aryl methyl sites for hydroxylation is 1. The van der Waals surface area contributed by atoms with Gasteiger partial charge in [-0.15, -0.1) is 0 Å². The summed E-state index contributed by atoms with van der Waals surface area (Å²) in [5.74, 6) is -0.703. The van der Waals surface area contributed by atoms with E-state index >= 15 is 0 Å². The summed E-state index contributed by atoms with van der Waals surface area (Å²) in [6, 6.07) is 17.1. The summed E-state index contributed by atoms with van der Waals surface area (Å²) in [6.07, 6.45) is 0. The number of hydrogen-bond donors (Lipinski definition) is 1. The Morgan fingerprint density at radius 3 is 2.50 bits per heavy atom. The van der Waals surface area contributed by atoms with E-state index in [0.717, 1.165) is 11.0 Å². The van der Waals surface area contributed by atoms with E-state index in [-0.39, 0.29) is 28.8 Å². The molecule has 1 heterocycles. The second kappa shape index (κ2) is 7.93. The fourth-order valence-electron chi connectivity index (χ4n) is 3.85. The number of hydrogen-bond acceptors (Lipinski definition) is 5. The molecule has 0 aliphatic heterocycles. The molecule has 158 valence electrons. The van der Waals surface area contributed by atoms with E-state index in [4.69, 9.17) is 11.6 Å². The first-order chi connectivity index (χ1) is 15.4. The summed E-state index contributed by atoms with van der Waals surface area (Å²) in [5, 5.41) is 4.06. The predicted octanol–water partition coefficient (Wildman–Crippen LogP) is 4.73. The van der Waals surface area contributed by atoms with E-state index in [1.165, 1.54) is 11.8 Å². The molecule has 0 bridgehead atoms. The van der Waals surface area contributed by atoms with Gasteiger partial charge in [0.2, 0.25) is 5.91 Å². The topological polar surface area (TPSA) is 81.1 Å². The average Bonchev–Trinajstić information content (AvgIpc) is 3.10. The molecular weight excluding hydrogens is 446 g/mol. The van der Waals surface area contributed by atoms with Gasteiger partial charge in [-0.25, -0.2) is 4.98 Å². The van der Waals surface area contributed by atoms with Crippen LogP contribution in [0.1, 0.15) is 31.8 Å². The number of carbonyl (C=O) groups excluding carboxylic acids is 3. The Hall–Kier alpha value is -3.42. The number of thioether (sulfide) groups is 1. The number of benzene rings is 3. The van der Waals surface area contributed by atoms with Crippen molar-refractivity contribution in [1.82, 2.24) is 9.55 Å². The van der Waals surface area contributed by atoms with Crippen molar-refractivity contribution < 1.29 is 14.4 Å². The lowest BCUT2D eigenvalue weighted by molar-refractivity contribution is -0.113. The van der Waals surface area contributed by atoms with Gasteiger partial charge in [-0.3, -0.25) is 14.4 Å². The van der Waals surface area contributed by atoms with Gasteiger partial charge in [0.25, 0.3) is 0 Å². The lowest BCUT2D eigenvalue weighted by Gasteiger charge is -2.20. The van der Waals surface area contributed by atoms with Gasteiger partial charge in [-0.2, -0.15) is 0 Å². The fraction of sp³-hybridized carbons (Fsp3) is 0.0833. The standard InChI is InChI=1S/C24H16ClN3O3S/c1-28-19-10-9-13(25)11-18(19)27-24(28)32-12-20(29)26-17-8-4-7-16-21(17)23(31)15-6-3-2-5-14(15)22(16)30/h2-11H,12H2,1H3,(H,26,29). The molecule has 0 saturated carbocycles. The van der Waals surface area contributed by atoms with Crippen molar-refractivity contribution in [2.24, 2.45) is 7.05 Å². The van der Waals surface area contributed by atoms with Crippen LogP contribution in [0.2, 0.25) is 5.02 Å². The van der Waals surface area contributed by atoms with Crippen molar-refractivity contribution in [3.8, 4) is 0 Å². The van der Waals surface area contributed by atoms with E-state index in [9.17, 15) is 14.4 Å². The maximum Gasteiger partial charge on any atom is 0.234 e. The molecule has 1 aromatic heterocycles. The third-order valence-corrected chi connectivity index (χ3v) is 6.63. The summed E-state index contributed by atoms with van der Waals surface area (Å²) in [4.78, 5) is 43.2. The first-order valence-corrected chi connectivity index (χ1v) is 11.2. The zero-order valence-electron chi connectivity index (χ0n) is 16.9. The van der Waals surface area contributed by atoms with E-state index in [0.29, 0.717) is 32.6 Å². The molecule has 1 aliphatic carbocycles. The molecular formula is C24H16ClN3O3S. The number of anilines is 1. The molecule has 0 spiro atoms. The van der Waals surface area contributed by atoms with Crippen LogP contribution in [0.5, 0.6) is 0 Å². The number of nitrogens with zero attached hydrogens (tertiary/aromatic N) is 2. The number of rotatable bonds is 4. The van der Waals surface area contributed by atoms with Crippen LogP contribution in [0.4, 0.5) is 5.69 Å². The van der Waals surface area contributed by atoms with Crippen LogP contribution in [0.3, 0.4) is 0 Å². The number of fused-ring (bicyclic) bond motifs is 3. The predicted molar refractivity (Wildman–Crippen MR) is 125 cm³/mol. The summed E-state index contributed by atoms with van der Waals surface area (Å²) < 4.78 is 1.90. The molecule has 1 amide bonds. The molecule has 32 heavy (non-hydrogen) atoms. The monoisotopic (exact) mass is 461 g/mol. The first kappa shape index (κ1) is 20.5. The highest BCUT2D eigenvalue weighted by Gasteiger charge is 2.31. The van der Waals surface area contributed by atoms with Gasteiger partial charge in [0, 0.05) is 28.8 Å². The number of carbonyl (C=O) groups is 3. The molecule has 0 saturated heterocycles. The normalized spacial score (nSPS) is 12.6. The highest BCUT2D eigenvalue weighted by molar-refractivity contribution is 7.99. The smallest absolute Gasteiger partial charge is 0.234 e. The van der Waals surface area contributed by atoms with Crippen LogP contribution in [0.25, 0.3) is 11.0 Å². The SMILES string of the molecule is Cn1c(SCC(=O)Nc2cccc3c2C(=O)c2ccccc2C3=O)nc2cc(Cl)ccc21. The van der Waals surface area contributed by atoms with E-state index in [1.807, 2.05) is 17.7 Å². The van der Waals surface area contributed by atoms with Gasteiger partial charge in [0.15, 0.2) is 16.7 Å². The lowest BCUT2D eigenvalue weighted by atomic mass is 9.83. The van der Waals surface area contributed by atoms with Crippen LogP contribution >= 0.6 is 23.4 Å². The quantitative estimate of drug-likeness (QED) is 0.391. The number of nitrogens with one attached hydrogen (secondary N) is 1. The Morgan fingerprint density at radius 1 is 1.00 bits per heavy atom. The Balaban J connectivity index is 1.38. The fourth-order valence-corrected chi connectivity index (χ4v) is 4.80. The first-order valence-electron chi connectivity index (χ1n) is 9.80. The van der Waals surface area contributed by atoms with Crippen molar-refractivity contribution in [3.05, 3.63) is 87.9 Å². The number of aromatic nitrogens is 2. The van der Waals surface area contributed by atoms with Gasteiger partial charge in [0.1, 0.15) is 0 Å². The van der Waals surface area contributed by atoms with E-state index in [2.05, 4.69) is 10.3 Å². The largest absolute Gasteiger partial charge is 0.325 e. The minimum atomic E-state index is -0.299. The molecule has 0 unspecified atom stereocenters. The molecule has 1 aliphatic rings. The Labute approximate surface area is 192 Å². The highest BCUT2D eigenvalue weighted by atomic mass is 35.5. The molecule has 8 heteroatoms. The highest BCUT2D eigenvalue weighted by Crippen LogP contribution is 2.32. The number of amides is 1. The van der Waals surface area contributed by atoms with Crippen LogP contribution in [-0.2, 0) is 11.8 Å². The van der Waals surface area contributed by atoms with Crippen LogP contribution in [0.15, 0.2) is 65.8 Å². The minimum Gasteiger partial charge on any atom is -0.325 e. The second-order valence-corrected chi connectivity index (χ2v) is 8.73. The van der Waals surface area contributed by atoms with Gasteiger partial charge >= 0.3 is 0 Å². The summed E-state index contributed by atoms with van der Waals surface area (Å²) in [5.41, 5.74) is 3.25. The Bertz CT molecular complexity index is 1440. The van der Waals surface area contributed by atoms with E-state index < -0.39 is 0 Å². The summed E-state index contributed by atoms with van der Waals surface area (Å²) >= 11 is 7.32. The second-order valence-electron chi connectivity index (χ2n) is 7.36. The average molecular weight is 462 g/mol. The minimum absolute atomic E-state index is 0.0906. The van der Waals surface area contributed by atoms with Gasteiger partial charge < -0.3 is 9.88 Å². The molecule has 0 radical (unpaired) electrons. The maximum atomic E-state index is 13.1. The van der Waals surface area contributed by atoms with Gasteiger partial charge in [-0.05, 0) is 24.3 Å². The molecule has 5 rings (SSSR count). The maximum absolute atomic E-state index is 13.1. The molecule has 0 fully saturated rings. The van der Waals surface area contributed by atoms with Crippen LogP contribution in [-0.4, -0.2) is 32.8 Å². The van der Waals surface area contributed by atoms with Gasteiger partial charge in [0.05, 0.1) is 28.0 Å². The summed E-state index contributed by atoms with van der Waals surface area (Å²) in [7, 11) is 1.87. The van der Waals surface area contributed by atoms with Crippen molar-refractivity contribution in [1.29, 1.82) is 0 Å². The molecule has 1 N–H and O–H groups in total. The Kier molecular flexibility index (Phi) is 5.07. The zero-order chi connectivity index (χ0) is 22.4. The van der Waals surface area contributed by atoms with Crippen molar-refractivity contribution in [2.75, 3.05) is 11.1 Å². The number of imidazole rings is 1. The van der Waals surface area contributed by atoms with Crippen molar-refractivity contribution >= 4 is 57.6 Å². The molecule has 3 aromatic carbocycles. The summed E-state index contributed by atoms with van der Waals surface area (Å²) in [6.45, 7) is 0. The Morgan fingerprint density at radius 2 is 1.72 bits per heavy atom. The van der Waals surface area contributed by atoms with Crippen molar-refractivity contribution in [2.45, 2.75) is 5.16 Å². The number of halogens is 1. The zero-order valence-corrected chi connectivity index (χ0v) is 18.5. The van der Waals surface area contributed by atoms with E-state index in [1.54, 1.807) is 54.6 Å². The molecule has 4 aromatic rings. The van der Waals surface area contributed by atoms with Crippen molar-refractivity contribution in [3.63, 3.8) is 0 Å². The lowest BCUT2D eigenvalue weighted by Crippen LogP contribution is -2.24. The third kappa shape index (κ3) is 3.39. The van der Waals surface area contributed by atoms with Crippen LogP contribution < -0.4 is 5.32 Å². The molecule has 6 nitrogen and oxygen atoms in total. The number of ketones is 2.